The van der Waals surface area contributed by atoms with Crippen LogP contribution < -0.4 is 4.90 Å². The molecular weight excluding hydrogens is 282 g/mol. The zero-order valence-corrected chi connectivity index (χ0v) is 12.5. The lowest BCUT2D eigenvalue weighted by atomic mass is 10.2. The Balaban J connectivity index is 1.79. The van der Waals surface area contributed by atoms with Gasteiger partial charge in [-0.05, 0) is 12.1 Å². The summed E-state index contributed by atoms with van der Waals surface area (Å²) in [4.78, 5) is 28.0. The number of hydrogen-bond donors (Lipinski definition) is 1. The molecule has 0 radical (unpaired) electrons. The van der Waals surface area contributed by atoms with Gasteiger partial charge in [0.1, 0.15) is 11.6 Å². The van der Waals surface area contributed by atoms with E-state index >= 15 is 0 Å². The van der Waals surface area contributed by atoms with E-state index in [1.807, 2.05) is 6.07 Å². The van der Waals surface area contributed by atoms with Crippen molar-refractivity contribution in [2.75, 3.05) is 38.3 Å². The van der Waals surface area contributed by atoms with E-state index in [1.54, 1.807) is 36.6 Å². The summed E-state index contributed by atoms with van der Waals surface area (Å²) in [6.45, 7) is 3.25. The molecule has 1 N–H and O–H groups in total. The molecule has 2 aromatic rings. The van der Waals surface area contributed by atoms with Crippen molar-refractivity contribution in [3.63, 3.8) is 0 Å². The predicted octanol–water partition coefficient (Wildman–Crippen LogP) is 0.913. The van der Waals surface area contributed by atoms with Crippen molar-refractivity contribution >= 4 is 11.7 Å². The van der Waals surface area contributed by atoms with Gasteiger partial charge >= 0.3 is 0 Å². The molecule has 3 heterocycles. The number of morpholine rings is 1. The van der Waals surface area contributed by atoms with Gasteiger partial charge in [0, 0.05) is 38.7 Å². The fourth-order valence-electron chi connectivity index (χ4n) is 2.48. The summed E-state index contributed by atoms with van der Waals surface area (Å²) in [5.41, 5.74) is 0.610. The molecule has 22 heavy (non-hydrogen) atoms. The third kappa shape index (κ3) is 3.09. The Labute approximate surface area is 128 Å². The number of nitrogens with zero attached hydrogens (tertiary/aromatic N) is 4. The average Bonchev–Trinajstić information content (AvgIpc) is 3.08. The number of imidazole rings is 1. The fourth-order valence-corrected chi connectivity index (χ4v) is 2.48. The molecule has 0 spiro atoms. The summed E-state index contributed by atoms with van der Waals surface area (Å²) in [6, 6.07) is 3.61. The Hall–Kier alpha value is -2.41. The van der Waals surface area contributed by atoms with Crippen LogP contribution in [0.5, 0.6) is 0 Å². The molecule has 0 unspecified atom stereocenters. The Morgan fingerprint density at radius 1 is 1.36 bits per heavy atom. The Bertz CT molecular complexity index is 623. The van der Waals surface area contributed by atoms with E-state index in [0.29, 0.717) is 25.3 Å². The Kier molecular flexibility index (Phi) is 4.34. The first kappa shape index (κ1) is 14.5. The van der Waals surface area contributed by atoms with Gasteiger partial charge in [-0.2, -0.15) is 0 Å². The van der Waals surface area contributed by atoms with Crippen molar-refractivity contribution in [3.8, 4) is 0 Å². The molecule has 116 valence electrons. The van der Waals surface area contributed by atoms with Gasteiger partial charge in [-0.1, -0.05) is 0 Å². The van der Waals surface area contributed by atoms with Gasteiger partial charge in [0.2, 0.25) is 0 Å². The van der Waals surface area contributed by atoms with E-state index in [2.05, 4.69) is 19.9 Å². The monoisotopic (exact) mass is 301 g/mol. The molecular formula is C15H19N5O2. The maximum absolute atomic E-state index is 12.7. The fraction of sp³-hybridized carbons (Fsp3) is 0.400. The highest BCUT2D eigenvalue weighted by Crippen LogP contribution is 2.20. The van der Waals surface area contributed by atoms with Crippen LogP contribution in [0.25, 0.3) is 0 Å². The number of pyridine rings is 1. The molecule has 1 fully saturated rings. The number of nitrogens with one attached hydrogen (secondary N) is 1. The van der Waals surface area contributed by atoms with Crippen LogP contribution in [0.15, 0.2) is 30.7 Å². The van der Waals surface area contributed by atoms with Crippen molar-refractivity contribution in [3.05, 3.63) is 42.1 Å². The molecule has 1 amide bonds. The highest BCUT2D eigenvalue weighted by molar-refractivity contribution is 5.98. The van der Waals surface area contributed by atoms with Crippen LogP contribution in [0.1, 0.15) is 16.2 Å². The van der Waals surface area contributed by atoms with Gasteiger partial charge in [-0.3, -0.25) is 4.79 Å². The number of H-pyrrole nitrogens is 1. The Morgan fingerprint density at radius 3 is 2.91 bits per heavy atom. The van der Waals surface area contributed by atoms with Crippen molar-refractivity contribution in [2.45, 2.75) is 6.54 Å². The SMILES string of the molecule is CN(Cc1ncc[nH]1)C(=O)c1cccnc1N1CCOCC1. The lowest BCUT2D eigenvalue weighted by molar-refractivity contribution is 0.0780. The molecule has 1 aliphatic heterocycles. The Morgan fingerprint density at radius 2 is 2.18 bits per heavy atom. The number of carbonyl (C=O) groups excluding carboxylic acids is 1. The smallest absolute Gasteiger partial charge is 0.257 e. The number of anilines is 1. The second kappa shape index (κ2) is 6.57. The van der Waals surface area contributed by atoms with Crippen molar-refractivity contribution in [2.24, 2.45) is 0 Å². The van der Waals surface area contributed by atoms with Gasteiger partial charge in [0.15, 0.2) is 0 Å². The van der Waals surface area contributed by atoms with Crippen LogP contribution in [0.3, 0.4) is 0 Å². The second-order valence-corrected chi connectivity index (χ2v) is 5.17. The first-order valence-electron chi connectivity index (χ1n) is 7.27. The number of hydrogen-bond acceptors (Lipinski definition) is 5. The minimum atomic E-state index is -0.0639. The van der Waals surface area contributed by atoms with Crippen LogP contribution in [0.4, 0.5) is 5.82 Å². The number of amides is 1. The molecule has 1 saturated heterocycles. The summed E-state index contributed by atoms with van der Waals surface area (Å²) in [5, 5.41) is 0. The summed E-state index contributed by atoms with van der Waals surface area (Å²) >= 11 is 0. The van der Waals surface area contributed by atoms with Crippen LogP contribution in [0.2, 0.25) is 0 Å². The molecule has 0 atom stereocenters. The normalized spacial score (nSPS) is 14.9. The highest BCUT2D eigenvalue weighted by Gasteiger charge is 2.22. The lowest BCUT2D eigenvalue weighted by Gasteiger charge is -2.29. The number of aromatic amines is 1. The maximum atomic E-state index is 12.7. The van der Waals surface area contributed by atoms with Gasteiger partial charge < -0.3 is 19.5 Å². The minimum absolute atomic E-state index is 0.0639. The van der Waals surface area contributed by atoms with Gasteiger partial charge in [0.25, 0.3) is 5.91 Å². The molecule has 0 aromatic carbocycles. The zero-order chi connectivity index (χ0) is 15.4. The number of rotatable bonds is 4. The third-order valence-corrected chi connectivity index (χ3v) is 3.62. The quantitative estimate of drug-likeness (QED) is 0.908. The second-order valence-electron chi connectivity index (χ2n) is 5.17. The average molecular weight is 301 g/mol. The van der Waals surface area contributed by atoms with Crippen molar-refractivity contribution < 1.29 is 9.53 Å². The molecule has 0 aliphatic carbocycles. The van der Waals surface area contributed by atoms with E-state index in [1.165, 1.54) is 0 Å². The number of ether oxygens (including phenoxy) is 1. The van der Waals surface area contributed by atoms with Gasteiger partial charge in [0.05, 0.1) is 25.3 Å². The molecule has 7 heteroatoms. The molecule has 0 bridgehead atoms. The summed E-state index contributed by atoms with van der Waals surface area (Å²) in [7, 11) is 1.76. The predicted molar refractivity (Wildman–Crippen MR) is 81.7 cm³/mol. The number of aromatic nitrogens is 3. The highest BCUT2D eigenvalue weighted by atomic mass is 16.5. The van der Waals surface area contributed by atoms with Gasteiger partial charge in [-0.25, -0.2) is 9.97 Å². The largest absolute Gasteiger partial charge is 0.378 e. The molecule has 2 aromatic heterocycles. The van der Waals surface area contributed by atoms with E-state index in [-0.39, 0.29) is 5.91 Å². The maximum Gasteiger partial charge on any atom is 0.257 e. The summed E-state index contributed by atoms with van der Waals surface area (Å²) in [5.74, 6) is 1.42. The lowest BCUT2D eigenvalue weighted by Crippen LogP contribution is -2.38. The van der Waals surface area contributed by atoms with Gasteiger partial charge in [-0.15, -0.1) is 0 Å². The van der Waals surface area contributed by atoms with E-state index in [9.17, 15) is 4.79 Å². The molecule has 3 rings (SSSR count). The van der Waals surface area contributed by atoms with Crippen LogP contribution in [0, 0.1) is 0 Å². The van der Waals surface area contributed by atoms with Crippen molar-refractivity contribution in [1.82, 2.24) is 19.9 Å². The van der Waals surface area contributed by atoms with E-state index in [4.69, 9.17) is 4.74 Å². The first-order chi connectivity index (χ1) is 10.8. The third-order valence-electron chi connectivity index (χ3n) is 3.62. The molecule has 0 saturated carbocycles. The van der Waals surface area contributed by atoms with E-state index in [0.717, 1.165) is 24.7 Å². The van der Waals surface area contributed by atoms with E-state index < -0.39 is 0 Å². The van der Waals surface area contributed by atoms with Crippen molar-refractivity contribution in [1.29, 1.82) is 0 Å². The zero-order valence-electron chi connectivity index (χ0n) is 12.5. The first-order valence-corrected chi connectivity index (χ1v) is 7.27. The topological polar surface area (TPSA) is 74.4 Å². The van der Waals surface area contributed by atoms with Crippen LogP contribution >= 0.6 is 0 Å². The summed E-state index contributed by atoms with van der Waals surface area (Å²) < 4.78 is 5.36. The van der Waals surface area contributed by atoms with Crippen LogP contribution in [-0.4, -0.2) is 59.1 Å². The minimum Gasteiger partial charge on any atom is -0.378 e. The summed E-state index contributed by atoms with van der Waals surface area (Å²) in [6.07, 6.45) is 5.14. The van der Waals surface area contributed by atoms with Crippen LogP contribution in [-0.2, 0) is 11.3 Å². The molecule has 1 aliphatic rings. The molecule has 7 nitrogen and oxygen atoms in total. The standard InChI is InChI=1S/C15H19N5O2/c1-19(11-13-16-5-6-17-13)15(21)12-3-2-4-18-14(12)20-7-9-22-10-8-20/h2-6H,7-11H2,1H3,(H,16,17). The number of carbonyl (C=O) groups is 1.